The van der Waals surface area contributed by atoms with Crippen LogP contribution in [0, 0.1) is 11.7 Å². The third kappa shape index (κ3) is 3.68. The Balaban J connectivity index is 1.64. The third-order valence-electron chi connectivity index (χ3n) is 4.57. The van der Waals surface area contributed by atoms with E-state index in [9.17, 15) is 14.3 Å². The molecule has 2 aromatic carbocycles. The predicted octanol–water partition coefficient (Wildman–Crippen LogP) is 4.17. The maximum atomic E-state index is 13.9. The van der Waals surface area contributed by atoms with Crippen LogP contribution in [0.3, 0.4) is 0 Å². The van der Waals surface area contributed by atoms with Crippen molar-refractivity contribution in [2.45, 2.75) is 18.9 Å². The summed E-state index contributed by atoms with van der Waals surface area (Å²) < 4.78 is 14.6. The van der Waals surface area contributed by atoms with Gasteiger partial charge in [-0.25, -0.2) is 4.39 Å². The number of likely N-dealkylation sites (tertiary alicyclic amines) is 1. The van der Waals surface area contributed by atoms with Crippen LogP contribution in [0.15, 0.2) is 53.0 Å². The van der Waals surface area contributed by atoms with Gasteiger partial charge >= 0.3 is 0 Å². The number of aliphatic hydroxyl groups excluding tert-OH is 1. The lowest BCUT2D eigenvalue weighted by Crippen LogP contribution is -2.40. The Labute approximate surface area is 149 Å². The minimum absolute atomic E-state index is 0.0893. The summed E-state index contributed by atoms with van der Waals surface area (Å²) in [5.74, 6) is -0.681. The van der Waals surface area contributed by atoms with E-state index in [1.807, 2.05) is 30.3 Å². The number of nitrogens with zero attached hydrogens (tertiary/aromatic N) is 1. The minimum Gasteiger partial charge on any atom is -0.388 e. The number of carbonyl (C=O) groups excluding carboxylic acids is 1. The first-order valence-electron chi connectivity index (χ1n) is 8.03. The Hall–Kier alpha value is -1.72. The predicted molar refractivity (Wildman–Crippen MR) is 94.1 cm³/mol. The van der Waals surface area contributed by atoms with E-state index in [1.54, 1.807) is 11.0 Å². The van der Waals surface area contributed by atoms with E-state index in [1.165, 1.54) is 12.1 Å². The molecule has 1 atom stereocenters. The molecular weight excluding hydrogens is 373 g/mol. The van der Waals surface area contributed by atoms with Crippen molar-refractivity contribution in [3.8, 4) is 0 Å². The molecule has 3 nitrogen and oxygen atoms in total. The molecule has 0 spiro atoms. The third-order valence-corrected chi connectivity index (χ3v) is 5.07. The van der Waals surface area contributed by atoms with Crippen molar-refractivity contribution in [3.63, 3.8) is 0 Å². The highest BCUT2D eigenvalue weighted by Crippen LogP contribution is 2.31. The maximum absolute atomic E-state index is 13.9. The molecule has 1 aliphatic rings. The van der Waals surface area contributed by atoms with Crippen LogP contribution < -0.4 is 0 Å². The van der Waals surface area contributed by atoms with Gasteiger partial charge in [0.1, 0.15) is 5.82 Å². The molecule has 1 heterocycles. The molecule has 24 heavy (non-hydrogen) atoms. The van der Waals surface area contributed by atoms with Crippen molar-refractivity contribution in [2.24, 2.45) is 5.92 Å². The van der Waals surface area contributed by atoms with E-state index in [2.05, 4.69) is 15.9 Å². The number of amides is 1. The first kappa shape index (κ1) is 17.1. The van der Waals surface area contributed by atoms with Crippen LogP contribution in [-0.2, 0) is 0 Å². The molecular formula is C19H19BrFNO2. The van der Waals surface area contributed by atoms with Gasteiger partial charge in [-0.05, 0) is 42.5 Å². The summed E-state index contributed by atoms with van der Waals surface area (Å²) in [7, 11) is 0. The van der Waals surface area contributed by atoms with E-state index in [0.717, 1.165) is 5.56 Å². The molecule has 0 aliphatic carbocycles. The lowest BCUT2D eigenvalue weighted by Gasteiger charge is -2.34. The van der Waals surface area contributed by atoms with Gasteiger partial charge in [-0.3, -0.25) is 4.79 Å². The number of piperidine rings is 1. The molecule has 1 unspecified atom stereocenters. The average molecular weight is 392 g/mol. The number of carbonyl (C=O) groups is 1. The maximum Gasteiger partial charge on any atom is 0.256 e. The first-order valence-corrected chi connectivity index (χ1v) is 8.83. The molecule has 1 N–H and O–H groups in total. The smallest absolute Gasteiger partial charge is 0.256 e. The Morgan fingerprint density at radius 2 is 1.83 bits per heavy atom. The van der Waals surface area contributed by atoms with Crippen LogP contribution in [0.1, 0.15) is 34.9 Å². The van der Waals surface area contributed by atoms with Crippen LogP contribution in [0.2, 0.25) is 0 Å². The van der Waals surface area contributed by atoms with Gasteiger partial charge < -0.3 is 10.0 Å². The molecule has 0 aromatic heterocycles. The fraction of sp³-hybridized carbons (Fsp3) is 0.316. The molecule has 126 valence electrons. The van der Waals surface area contributed by atoms with Gasteiger partial charge in [0.25, 0.3) is 5.91 Å². The number of rotatable bonds is 3. The summed E-state index contributed by atoms with van der Waals surface area (Å²) in [6, 6.07) is 14.0. The minimum atomic E-state index is -0.522. The second-order valence-electron chi connectivity index (χ2n) is 6.11. The molecule has 5 heteroatoms. The first-order chi connectivity index (χ1) is 11.6. The lowest BCUT2D eigenvalue weighted by molar-refractivity contribution is 0.0459. The van der Waals surface area contributed by atoms with Crippen molar-refractivity contribution in [1.82, 2.24) is 4.90 Å². The number of halogens is 2. The average Bonchev–Trinajstić information content (AvgIpc) is 2.63. The SMILES string of the molecule is O=C(c1cc(Br)ccc1F)N1CCC(C(O)c2ccccc2)CC1. The molecule has 1 amide bonds. The second kappa shape index (κ2) is 7.45. The Bertz CT molecular complexity index is 715. The highest BCUT2D eigenvalue weighted by molar-refractivity contribution is 9.10. The lowest BCUT2D eigenvalue weighted by atomic mass is 9.87. The molecule has 0 bridgehead atoms. The summed E-state index contributed by atoms with van der Waals surface area (Å²) in [6.45, 7) is 1.05. The highest BCUT2D eigenvalue weighted by atomic mass is 79.9. The molecule has 0 saturated carbocycles. The fourth-order valence-electron chi connectivity index (χ4n) is 3.17. The number of aliphatic hydroxyl groups is 1. The van der Waals surface area contributed by atoms with Gasteiger partial charge in [-0.15, -0.1) is 0 Å². The van der Waals surface area contributed by atoms with Gasteiger partial charge in [-0.2, -0.15) is 0 Å². The zero-order valence-corrected chi connectivity index (χ0v) is 14.7. The Morgan fingerprint density at radius 3 is 2.50 bits per heavy atom. The van der Waals surface area contributed by atoms with E-state index in [0.29, 0.717) is 30.4 Å². The van der Waals surface area contributed by atoms with E-state index >= 15 is 0 Å². The van der Waals surface area contributed by atoms with Gasteiger partial charge in [0, 0.05) is 17.6 Å². The van der Waals surface area contributed by atoms with Crippen molar-refractivity contribution >= 4 is 21.8 Å². The summed E-state index contributed by atoms with van der Waals surface area (Å²) in [5, 5.41) is 10.5. The van der Waals surface area contributed by atoms with Gasteiger partial charge in [0.2, 0.25) is 0 Å². The van der Waals surface area contributed by atoms with Gasteiger partial charge in [0.15, 0.2) is 0 Å². The number of hydrogen-bond donors (Lipinski definition) is 1. The fourth-order valence-corrected chi connectivity index (χ4v) is 3.53. The molecule has 1 aliphatic heterocycles. The van der Waals surface area contributed by atoms with Crippen LogP contribution >= 0.6 is 15.9 Å². The van der Waals surface area contributed by atoms with Crippen LogP contribution in [0.5, 0.6) is 0 Å². The van der Waals surface area contributed by atoms with Crippen LogP contribution in [0.25, 0.3) is 0 Å². The molecule has 2 aromatic rings. The van der Waals surface area contributed by atoms with Crippen molar-refractivity contribution in [3.05, 3.63) is 69.9 Å². The number of benzene rings is 2. The molecule has 1 saturated heterocycles. The zero-order valence-electron chi connectivity index (χ0n) is 13.2. The Kier molecular flexibility index (Phi) is 5.31. The zero-order chi connectivity index (χ0) is 17.1. The van der Waals surface area contributed by atoms with Crippen molar-refractivity contribution in [1.29, 1.82) is 0 Å². The van der Waals surface area contributed by atoms with Gasteiger partial charge in [0.05, 0.1) is 11.7 Å². The van der Waals surface area contributed by atoms with Crippen molar-refractivity contribution < 1.29 is 14.3 Å². The largest absolute Gasteiger partial charge is 0.388 e. The van der Waals surface area contributed by atoms with Gasteiger partial charge in [-0.1, -0.05) is 46.3 Å². The van der Waals surface area contributed by atoms with Crippen LogP contribution in [0.4, 0.5) is 4.39 Å². The Morgan fingerprint density at radius 1 is 1.17 bits per heavy atom. The van der Waals surface area contributed by atoms with E-state index < -0.39 is 11.9 Å². The topological polar surface area (TPSA) is 40.5 Å². The molecule has 1 fully saturated rings. The molecule has 0 radical (unpaired) electrons. The standard InChI is InChI=1S/C19H19BrFNO2/c20-15-6-7-17(21)16(12-15)19(24)22-10-8-14(9-11-22)18(23)13-4-2-1-3-5-13/h1-7,12,14,18,23H,8-11H2. The monoisotopic (exact) mass is 391 g/mol. The van der Waals surface area contributed by atoms with E-state index in [-0.39, 0.29) is 17.4 Å². The normalized spacial score (nSPS) is 16.9. The second-order valence-corrected chi connectivity index (χ2v) is 7.02. The molecule has 3 rings (SSSR count). The summed E-state index contributed by atoms with van der Waals surface area (Å²) >= 11 is 3.27. The quantitative estimate of drug-likeness (QED) is 0.852. The van der Waals surface area contributed by atoms with E-state index in [4.69, 9.17) is 0 Å². The van der Waals surface area contributed by atoms with Crippen LogP contribution in [-0.4, -0.2) is 29.0 Å². The summed E-state index contributed by atoms with van der Waals surface area (Å²) in [6.07, 6.45) is 0.889. The summed E-state index contributed by atoms with van der Waals surface area (Å²) in [5.41, 5.74) is 0.992. The number of hydrogen-bond acceptors (Lipinski definition) is 2. The van der Waals surface area contributed by atoms with Crippen molar-refractivity contribution in [2.75, 3.05) is 13.1 Å². The highest BCUT2D eigenvalue weighted by Gasteiger charge is 2.29. The summed E-state index contributed by atoms with van der Waals surface area (Å²) in [4.78, 5) is 14.2.